The molecule has 0 amide bonds. The third kappa shape index (κ3) is 5.37. The van der Waals surface area contributed by atoms with Crippen LogP contribution >= 0.6 is 0 Å². The molecule has 0 aromatic heterocycles. The molecule has 1 heterocycles. The van der Waals surface area contributed by atoms with Crippen LogP contribution in [-0.2, 0) is 4.84 Å². The van der Waals surface area contributed by atoms with Crippen LogP contribution in [-0.4, -0.2) is 30.9 Å². The monoisotopic (exact) mass is 185 g/mol. The van der Waals surface area contributed by atoms with Crippen molar-refractivity contribution in [1.82, 2.24) is 5.06 Å². The summed E-state index contributed by atoms with van der Waals surface area (Å²) >= 11 is 0. The summed E-state index contributed by atoms with van der Waals surface area (Å²) in [5.74, 6) is 0. The second kappa shape index (κ2) is 5.37. The van der Waals surface area contributed by atoms with Gasteiger partial charge in [0.05, 0.1) is 6.61 Å². The average Bonchev–Trinajstić information content (AvgIpc) is 2.41. The molecule has 0 atom stereocenters. The van der Waals surface area contributed by atoms with Crippen LogP contribution in [0, 0.1) is 0 Å². The van der Waals surface area contributed by atoms with Gasteiger partial charge in [0.15, 0.2) is 0 Å². The Morgan fingerprint density at radius 1 is 1.33 bits per heavy atom. The molecule has 0 unspecified atom stereocenters. The van der Waals surface area contributed by atoms with Gasteiger partial charge in [-0.2, -0.15) is 18.2 Å². The molecule has 0 radical (unpaired) electrons. The van der Waals surface area contributed by atoms with Crippen molar-refractivity contribution in [2.75, 3.05) is 19.7 Å². The number of rotatable bonds is 1. The van der Waals surface area contributed by atoms with Crippen LogP contribution in [0.25, 0.3) is 0 Å². The van der Waals surface area contributed by atoms with E-state index in [0.717, 1.165) is 5.06 Å². The van der Waals surface area contributed by atoms with Crippen LogP contribution in [0.4, 0.5) is 13.2 Å². The highest BCUT2D eigenvalue weighted by Crippen LogP contribution is 2.18. The number of hydrogen-bond donors (Lipinski definition) is 0. The maximum Gasteiger partial charge on any atom is 0.403 e. The minimum absolute atomic E-state index is 0.388. The van der Waals surface area contributed by atoms with Crippen molar-refractivity contribution in [3.8, 4) is 0 Å². The number of halogens is 3. The summed E-state index contributed by atoms with van der Waals surface area (Å²) in [4.78, 5) is 4.64. The topological polar surface area (TPSA) is 12.5 Å². The maximum absolute atomic E-state index is 11.6. The van der Waals surface area contributed by atoms with Crippen LogP contribution in [0.1, 0.15) is 20.3 Å². The number of nitrogens with zero attached hydrogens (tertiary/aromatic N) is 1. The Morgan fingerprint density at radius 2 is 1.92 bits per heavy atom. The quantitative estimate of drug-likeness (QED) is 0.621. The van der Waals surface area contributed by atoms with Crippen LogP contribution in [0.15, 0.2) is 0 Å². The summed E-state index contributed by atoms with van der Waals surface area (Å²) in [5, 5.41) is 0.944. The predicted octanol–water partition coefficient (Wildman–Crippen LogP) is 2.21. The lowest BCUT2D eigenvalue weighted by Gasteiger charge is -2.14. The minimum Gasteiger partial charge on any atom is -0.299 e. The van der Waals surface area contributed by atoms with Crippen molar-refractivity contribution in [1.29, 1.82) is 0 Å². The van der Waals surface area contributed by atoms with E-state index in [9.17, 15) is 13.2 Å². The van der Waals surface area contributed by atoms with E-state index in [1.54, 1.807) is 0 Å². The highest BCUT2D eigenvalue weighted by molar-refractivity contribution is 4.58. The molecule has 0 saturated carbocycles. The van der Waals surface area contributed by atoms with Crippen molar-refractivity contribution >= 4 is 0 Å². The van der Waals surface area contributed by atoms with Gasteiger partial charge >= 0.3 is 6.18 Å². The molecule has 1 rings (SSSR count). The van der Waals surface area contributed by atoms with Crippen LogP contribution in [0.2, 0.25) is 0 Å². The second-order valence-corrected chi connectivity index (χ2v) is 2.17. The molecule has 0 aromatic rings. The first-order valence-electron chi connectivity index (χ1n) is 4.02. The van der Waals surface area contributed by atoms with Gasteiger partial charge in [-0.25, -0.2) is 0 Å². The zero-order valence-corrected chi connectivity index (χ0v) is 7.32. The molecular formula is C7H14F3NO. The van der Waals surface area contributed by atoms with Gasteiger partial charge in [0.1, 0.15) is 6.54 Å². The molecule has 2 nitrogen and oxygen atoms in total. The summed E-state index contributed by atoms with van der Waals surface area (Å²) in [6.07, 6.45) is -3.44. The molecule has 1 fully saturated rings. The molecule has 5 heteroatoms. The van der Waals surface area contributed by atoms with Gasteiger partial charge in [0.25, 0.3) is 0 Å². The smallest absolute Gasteiger partial charge is 0.299 e. The van der Waals surface area contributed by atoms with Crippen LogP contribution in [0.3, 0.4) is 0 Å². The van der Waals surface area contributed by atoms with E-state index >= 15 is 0 Å². The average molecular weight is 185 g/mol. The molecular weight excluding hydrogens is 171 g/mol. The molecule has 1 aliphatic heterocycles. The Bertz CT molecular complexity index is 110. The highest BCUT2D eigenvalue weighted by Gasteiger charge is 2.32. The van der Waals surface area contributed by atoms with E-state index < -0.39 is 12.7 Å². The molecule has 74 valence electrons. The number of alkyl halides is 3. The largest absolute Gasteiger partial charge is 0.403 e. The van der Waals surface area contributed by atoms with Gasteiger partial charge in [-0.05, 0) is 6.42 Å². The van der Waals surface area contributed by atoms with E-state index in [1.807, 2.05) is 13.8 Å². The van der Waals surface area contributed by atoms with Gasteiger partial charge in [0.2, 0.25) is 0 Å². The fourth-order valence-corrected chi connectivity index (χ4v) is 0.824. The highest BCUT2D eigenvalue weighted by atomic mass is 19.4. The minimum atomic E-state index is -4.13. The van der Waals surface area contributed by atoms with Crippen molar-refractivity contribution in [3.05, 3.63) is 0 Å². The lowest BCUT2D eigenvalue weighted by molar-refractivity contribution is -0.212. The summed E-state index contributed by atoms with van der Waals surface area (Å²) in [6, 6.07) is 0. The van der Waals surface area contributed by atoms with Gasteiger partial charge in [-0.1, -0.05) is 13.8 Å². The van der Waals surface area contributed by atoms with Crippen molar-refractivity contribution in [2.24, 2.45) is 0 Å². The molecule has 0 bridgehead atoms. The van der Waals surface area contributed by atoms with Crippen molar-refractivity contribution < 1.29 is 18.0 Å². The lowest BCUT2D eigenvalue weighted by atomic mass is 10.5. The zero-order valence-electron chi connectivity index (χ0n) is 7.32. The number of hydrogen-bond acceptors (Lipinski definition) is 2. The first kappa shape index (κ1) is 11.7. The number of hydroxylamine groups is 2. The van der Waals surface area contributed by atoms with Crippen LogP contribution in [0.5, 0.6) is 0 Å². The second-order valence-electron chi connectivity index (χ2n) is 2.17. The zero-order chi connectivity index (χ0) is 9.61. The Kier molecular flexibility index (Phi) is 5.24. The van der Waals surface area contributed by atoms with E-state index in [2.05, 4.69) is 4.84 Å². The van der Waals surface area contributed by atoms with Gasteiger partial charge in [-0.3, -0.25) is 4.84 Å². The van der Waals surface area contributed by atoms with Gasteiger partial charge < -0.3 is 0 Å². The predicted molar refractivity (Wildman–Crippen MR) is 39.5 cm³/mol. The summed E-state index contributed by atoms with van der Waals surface area (Å²) < 4.78 is 34.8. The first-order chi connectivity index (χ1) is 5.58. The summed E-state index contributed by atoms with van der Waals surface area (Å²) in [5.41, 5.74) is 0. The molecule has 12 heavy (non-hydrogen) atoms. The lowest BCUT2D eigenvalue weighted by Crippen LogP contribution is -2.30. The Morgan fingerprint density at radius 3 is 2.25 bits per heavy atom. The maximum atomic E-state index is 11.6. The Balaban J connectivity index is 0.000000561. The van der Waals surface area contributed by atoms with Gasteiger partial charge in [-0.15, -0.1) is 0 Å². The molecule has 0 spiro atoms. The summed E-state index contributed by atoms with van der Waals surface area (Å²) in [7, 11) is 0. The van der Waals surface area contributed by atoms with Crippen molar-refractivity contribution in [2.45, 2.75) is 26.4 Å². The summed E-state index contributed by atoms with van der Waals surface area (Å²) in [6.45, 7) is 3.85. The van der Waals surface area contributed by atoms with Gasteiger partial charge in [0, 0.05) is 6.54 Å². The van der Waals surface area contributed by atoms with Crippen molar-refractivity contribution in [3.63, 3.8) is 0 Å². The fourth-order valence-electron chi connectivity index (χ4n) is 0.824. The van der Waals surface area contributed by atoms with E-state index in [4.69, 9.17) is 0 Å². The van der Waals surface area contributed by atoms with E-state index in [1.165, 1.54) is 0 Å². The third-order valence-electron chi connectivity index (χ3n) is 1.18. The van der Waals surface area contributed by atoms with E-state index in [0.29, 0.717) is 19.6 Å². The molecule has 1 aliphatic rings. The molecule has 0 aliphatic carbocycles. The first-order valence-corrected chi connectivity index (χ1v) is 4.02. The molecule has 0 aromatic carbocycles. The normalized spacial score (nSPS) is 18.8. The van der Waals surface area contributed by atoms with E-state index in [-0.39, 0.29) is 0 Å². The Hall–Kier alpha value is -0.290. The molecule has 1 saturated heterocycles. The molecule has 0 N–H and O–H groups in total. The Labute approximate surface area is 70.3 Å². The SMILES string of the molecule is CC.FC(F)(F)CN1CCCO1. The van der Waals surface area contributed by atoms with Crippen LogP contribution < -0.4 is 0 Å². The third-order valence-corrected chi connectivity index (χ3v) is 1.18. The fraction of sp³-hybridized carbons (Fsp3) is 1.00. The standard InChI is InChI=1S/C5H8F3NO.C2H6/c6-5(7,8)4-9-2-1-3-10-9;1-2/h1-4H2;1-2H3.